The Morgan fingerprint density at radius 1 is 1.29 bits per heavy atom. The molecule has 0 bridgehead atoms. The summed E-state index contributed by atoms with van der Waals surface area (Å²) in [7, 11) is 0. The highest BCUT2D eigenvalue weighted by Gasteiger charge is 2.11. The molecule has 1 aromatic heterocycles. The van der Waals surface area contributed by atoms with Crippen molar-refractivity contribution in [3.8, 4) is 0 Å². The summed E-state index contributed by atoms with van der Waals surface area (Å²) in [5, 5.41) is 0. The van der Waals surface area contributed by atoms with Gasteiger partial charge >= 0.3 is 0 Å². The van der Waals surface area contributed by atoms with Gasteiger partial charge in [0.25, 0.3) is 0 Å². The van der Waals surface area contributed by atoms with E-state index in [9.17, 15) is 0 Å². The molecule has 0 saturated heterocycles. The molecular weight excluding hydrogens is 314 g/mol. The molecule has 4 heteroatoms. The molecule has 2 aromatic rings. The van der Waals surface area contributed by atoms with Crippen molar-refractivity contribution in [2.45, 2.75) is 17.4 Å². The maximum Gasteiger partial charge on any atom is 0.0701 e. The molecule has 0 amide bonds. The minimum atomic E-state index is 0.0733. The van der Waals surface area contributed by atoms with Gasteiger partial charge in [0.1, 0.15) is 0 Å². The zero-order valence-corrected chi connectivity index (χ0v) is 12.7. The average molecular weight is 328 g/mol. The van der Waals surface area contributed by atoms with E-state index in [4.69, 9.17) is 5.73 Å². The SMILES string of the molecule is CSc1ccccc1C(N)Cc1ccc(Br)s1. The second-order valence-corrected chi connectivity index (χ2v) is 7.15. The third kappa shape index (κ3) is 3.35. The maximum atomic E-state index is 6.29. The Bertz CT molecular complexity index is 496. The molecular formula is C13H14BrNS2. The molecule has 0 aliphatic carbocycles. The van der Waals surface area contributed by atoms with Crippen molar-refractivity contribution in [1.82, 2.24) is 0 Å². The van der Waals surface area contributed by atoms with E-state index in [-0.39, 0.29) is 6.04 Å². The van der Waals surface area contributed by atoms with Gasteiger partial charge in [-0.25, -0.2) is 0 Å². The zero-order valence-electron chi connectivity index (χ0n) is 9.52. The van der Waals surface area contributed by atoms with E-state index in [1.165, 1.54) is 15.3 Å². The van der Waals surface area contributed by atoms with E-state index in [2.05, 4.69) is 58.6 Å². The molecule has 0 aliphatic rings. The van der Waals surface area contributed by atoms with Gasteiger partial charge in [0.05, 0.1) is 3.79 Å². The number of halogens is 1. The van der Waals surface area contributed by atoms with Gasteiger partial charge in [-0.15, -0.1) is 23.1 Å². The lowest BCUT2D eigenvalue weighted by Gasteiger charge is -2.14. The van der Waals surface area contributed by atoms with Crippen LogP contribution in [0.4, 0.5) is 0 Å². The third-order valence-corrected chi connectivity index (χ3v) is 5.05. The predicted molar refractivity (Wildman–Crippen MR) is 80.9 cm³/mol. The summed E-state index contributed by atoms with van der Waals surface area (Å²) in [6.07, 6.45) is 2.99. The van der Waals surface area contributed by atoms with Gasteiger partial charge in [0.2, 0.25) is 0 Å². The van der Waals surface area contributed by atoms with Gasteiger partial charge in [-0.1, -0.05) is 18.2 Å². The molecule has 0 radical (unpaired) electrons. The normalized spacial score (nSPS) is 12.6. The number of nitrogens with two attached hydrogens (primary N) is 1. The molecule has 1 unspecified atom stereocenters. The monoisotopic (exact) mass is 327 g/mol. The van der Waals surface area contributed by atoms with E-state index in [1.54, 1.807) is 23.1 Å². The molecule has 0 fully saturated rings. The van der Waals surface area contributed by atoms with Crippen LogP contribution < -0.4 is 5.73 Å². The van der Waals surface area contributed by atoms with Crippen molar-refractivity contribution in [1.29, 1.82) is 0 Å². The molecule has 0 spiro atoms. The number of benzene rings is 1. The van der Waals surface area contributed by atoms with Gasteiger partial charge in [0, 0.05) is 22.2 Å². The van der Waals surface area contributed by atoms with Crippen LogP contribution >= 0.6 is 39.0 Å². The topological polar surface area (TPSA) is 26.0 Å². The lowest BCUT2D eigenvalue weighted by atomic mass is 10.0. The number of thioether (sulfide) groups is 1. The molecule has 1 atom stereocenters. The summed E-state index contributed by atoms with van der Waals surface area (Å²) >= 11 is 6.99. The smallest absolute Gasteiger partial charge is 0.0701 e. The van der Waals surface area contributed by atoms with Gasteiger partial charge in [-0.05, 0) is 45.9 Å². The summed E-state index contributed by atoms with van der Waals surface area (Å²) in [5.74, 6) is 0. The zero-order chi connectivity index (χ0) is 12.3. The first-order chi connectivity index (χ1) is 8.20. The van der Waals surface area contributed by atoms with E-state index < -0.39 is 0 Å². The number of hydrogen-bond donors (Lipinski definition) is 1. The van der Waals surface area contributed by atoms with Crippen LogP contribution in [0.1, 0.15) is 16.5 Å². The summed E-state index contributed by atoms with van der Waals surface area (Å²) in [5.41, 5.74) is 7.53. The highest BCUT2D eigenvalue weighted by atomic mass is 79.9. The van der Waals surface area contributed by atoms with Crippen LogP contribution in [0.3, 0.4) is 0 Å². The predicted octanol–water partition coefficient (Wildman–Crippen LogP) is 4.48. The fraction of sp³-hybridized carbons (Fsp3) is 0.231. The summed E-state index contributed by atoms with van der Waals surface area (Å²) in [6.45, 7) is 0. The second kappa shape index (κ2) is 6.05. The quantitative estimate of drug-likeness (QED) is 0.838. The van der Waals surface area contributed by atoms with Crippen LogP contribution in [-0.4, -0.2) is 6.26 Å². The Morgan fingerprint density at radius 3 is 2.71 bits per heavy atom. The minimum absolute atomic E-state index is 0.0733. The molecule has 90 valence electrons. The Balaban J connectivity index is 2.16. The number of hydrogen-bond acceptors (Lipinski definition) is 3. The largest absolute Gasteiger partial charge is 0.324 e. The van der Waals surface area contributed by atoms with Crippen molar-refractivity contribution in [2.24, 2.45) is 5.73 Å². The summed E-state index contributed by atoms with van der Waals surface area (Å²) in [6, 6.07) is 12.7. The second-order valence-electron chi connectivity index (χ2n) is 3.76. The van der Waals surface area contributed by atoms with Crippen molar-refractivity contribution < 1.29 is 0 Å². The van der Waals surface area contributed by atoms with Crippen LogP contribution in [-0.2, 0) is 6.42 Å². The van der Waals surface area contributed by atoms with Crippen LogP contribution in [0.5, 0.6) is 0 Å². The summed E-state index contributed by atoms with van der Waals surface area (Å²) < 4.78 is 1.16. The molecule has 2 N–H and O–H groups in total. The minimum Gasteiger partial charge on any atom is -0.324 e. The number of rotatable bonds is 4. The van der Waals surface area contributed by atoms with E-state index in [0.717, 1.165) is 10.2 Å². The lowest BCUT2D eigenvalue weighted by molar-refractivity contribution is 0.715. The molecule has 1 aromatic carbocycles. The molecule has 0 aliphatic heterocycles. The molecule has 2 rings (SSSR count). The maximum absolute atomic E-state index is 6.29. The van der Waals surface area contributed by atoms with Crippen LogP contribution in [0.2, 0.25) is 0 Å². The third-order valence-electron chi connectivity index (χ3n) is 2.59. The Morgan fingerprint density at radius 2 is 2.06 bits per heavy atom. The van der Waals surface area contributed by atoms with Crippen LogP contribution in [0.25, 0.3) is 0 Å². The Kier molecular flexibility index (Phi) is 4.68. The molecule has 1 nitrogen and oxygen atoms in total. The van der Waals surface area contributed by atoms with E-state index in [0.29, 0.717) is 0 Å². The van der Waals surface area contributed by atoms with E-state index >= 15 is 0 Å². The standard InChI is InChI=1S/C13H14BrNS2/c1-16-12-5-3-2-4-10(12)11(15)8-9-6-7-13(14)17-9/h2-7,11H,8,15H2,1H3. The number of thiophene rings is 1. The highest BCUT2D eigenvalue weighted by Crippen LogP contribution is 2.29. The van der Waals surface area contributed by atoms with Gasteiger partial charge < -0.3 is 5.73 Å². The first-order valence-corrected chi connectivity index (χ1v) is 8.17. The van der Waals surface area contributed by atoms with Gasteiger partial charge in [-0.3, -0.25) is 0 Å². The van der Waals surface area contributed by atoms with Crippen molar-refractivity contribution in [2.75, 3.05) is 6.26 Å². The van der Waals surface area contributed by atoms with Gasteiger partial charge in [0.15, 0.2) is 0 Å². The van der Waals surface area contributed by atoms with Crippen LogP contribution in [0, 0.1) is 0 Å². The highest BCUT2D eigenvalue weighted by molar-refractivity contribution is 9.11. The lowest BCUT2D eigenvalue weighted by Crippen LogP contribution is -2.13. The first-order valence-electron chi connectivity index (χ1n) is 5.33. The molecule has 1 heterocycles. The van der Waals surface area contributed by atoms with Crippen molar-refractivity contribution >= 4 is 39.0 Å². The van der Waals surface area contributed by atoms with Crippen LogP contribution in [0.15, 0.2) is 45.1 Å². The molecule has 0 saturated carbocycles. The van der Waals surface area contributed by atoms with Gasteiger partial charge in [-0.2, -0.15) is 0 Å². The fourth-order valence-corrected chi connectivity index (χ4v) is 3.97. The van der Waals surface area contributed by atoms with Crippen molar-refractivity contribution in [3.63, 3.8) is 0 Å². The average Bonchev–Trinajstić information content (AvgIpc) is 2.74. The van der Waals surface area contributed by atoms with E-state index in [1.807, 2.05) is 0 Å². The Labute approximate surface area is 119 Å². The van der Waals surface area contributed by atoms with Crippen molar-refractivity contribution in [3.05, 3.63) is 50.6 Å². The first kappa shape index (κ1) is 13.1. The molecule has 17 heavy (non-hydrogen) atoms. The Hall–Kier alpha value is -0.290. The fourth-order valence-electron chi connectivity index (χ4n) is 1.76. The summed E-state index contributed by atoms with van der Waals surface area (Å²) in [4.78, 5) is 2.59.